The normalized spacial score (nSPS) is 23.9. The molecule has 2 N–H and O–H groups in total. The fraction of sp³-hybridized carbons (Fsp3) is 0.526. The molecule has 2 amide bonds. The number of unbranched alkanes of at least 4 members (excludes halogenated alkanes) is 2. The van der Waals surface area contributed by atoms with Gasteiger partial charge < -0.3 is 10.6 Å². The van der Waals surface area contributed by atoms with E-state index in [1.54, 1.807) is 10.7 Å². The van der Waals surface area contributed by atoms with Crippen LogP contribution in [0.1, 0.15) is 36.9 Å². The van der Waals surface area contributed by atoms with E-state index in [9.17, 15) is 9.18 Å². The molecule has 0 radical (unpaired) electrons. The summed E-state index contributed by atoms with van der Waals surface area (Å²) < 4.78 is 15.0. The van der Waals surface area contributed by atoms with Crippen LogP contribution >= 0.6 is 11.8 Å². The highest BCUT2D eigenvalue weighted by atomic mass is 32.2. The number of nitrogens with zero attached hydrogens (tertiary/aromatic N) is 3. The first-order chi connectivity index (χ1) is 13.2. The van der Waals surface area contributed by atoms with Gasteiger partial charge in [-0.2, -0.15) is 11.8 Å². The Labute approximate surface area is 162 Å². The molecule has 3 heterocycles. The van der Waals surface area contributed by atoms with Crippen molar-refractivity contribution >= 4 is 17.8 Å². The largest absolute Gasteiger partial charge is 0.332 e. The first-order valence-electron chi connectivity index (χ1n) is 9.49. The number of fused-ring (bicyclic) bond motifs is 1. The first-order valence-corrected chi connectivity index (χ1v) is 10.5. The van der Waals surface area contributed by atoms with E-state index in [-0.39, 0.29) is 11.8 Å². The Bertz CT molecular complexity index is 798. The van der Waals surface area contributed by atoms with Gasteiger partial charge in [0.05, 0.1) is 24.3 Å². The summed E-state index contributed by atoms with van der Waals surface area (Å²) in [5.74, 6) is 0.787. The number of rotatable bonds is 8. The van der Waals surface area contributed by atoms with E-state index in [1.807, 2.05) is 24.0 Å². The number of urea groups is 1. The average Bonchev–Trinajstić information content (AvgIpc) is 3.32. The summed E-state index contributed by atoms with van der Waals surface area (Å²) in [7, 11) is 0. The van der Waals surface area contributed by atoms with E-state index in [2.05, 4.69) is 20.9 Å². The highest BCUT2D eigenvalue weighted by Gasteiger charge is 2.42. The van der Waals surface area contributed by atoms with E-state index in [1.165, 1.54) is 12.1 Å². The van der Waals surface area contributed by atoms with Crippen molar-refractivity contribution in [1.29, 1.82) is 0 Å². The van der Waals surface area contributed by atoms with Crippen LogP contribution in [0.3, 0.4) is 0 Å². The van der Waals surface area contributed by atoms with Gasteiger partial charge in [-0.05, 0) is 37.0 Å². The Morgan fingerprint density at radius 3 is 3.07 bits per heavy atom. The predicted molar refractivity (Wildman–Crippen MR) is 103 cm³/mol. The molecule has 0 bridgehead atoms. The van der Waals surface area contributed by atoms with Crippen LogP contribution in [-0.4, -0.2) is 44.1 Å². The van der Waals surface area contributed by atoms with Crippen LogP contribution < -0.4 is 10.6 Å². The Morgan fingerprint density at radius 1 is 1.26 bits per heavy atom. The molecule has 2 aromatic rings. The minimum atomic E-state index is -0.229. The smallest absolute Gasteiger partial charge is 0.315 e. The van der Waals surface area contributed by atoms with Gasteiger partial charge in [0.25, 0.3) is 0 Å². The molecule has 1 aromatic heterocycles. The zero-order valence-electron chi connectivity index (χ0n) is 15.1. The number of hydrogen-bond acceptors (Lipinski definition) is 4. The highest BCUT2D eigenvalue weighted by molar-refractivity contribution is 8.00. The third kappa shape index (κ3) is 4.61. The average molecular weight is 390 g/mol. The molecule has 27 heavy (non-hydrogen) atoms. The number of benzene rings is 1. The van der Waals surface area contributed by atoms with E-state index in [4.69, 9.17) is 0 Å². The van der Waals surface area contributed by atoms with Gasteiger partial charge in [0, 0.05) is 17.2 Å². The molecule has 2 aliphatic rings. The summed E-state index contributed by atoms with van der Waals surface area (Å²) in [5, 5.41) is 14.9. The SMILES string of the molecule is O=C1N[C@H]2[C@H](CS[C@H]2CCCCCc2cn(Cc3cccc(F)c3)nn2)N1. The van der Waals surface area contributed by atoms with Crippen LogP contribution in [0, 0.1) is 5.82 Å². The van der Waals surface area contributed by atoms with Gasteiger partial charge in [0.2, 0.25) is 0 Å². The molecule has 6 nitrogen and oxygen atoms in total. The summed E-state index contributed by atoms with van der Waals surface area (Å²) >= 11 is 1.97. The van der Waals surface area contributed by atoms with E-state index < -0.39 is 0 Å². The van der Waals surface area contributed by atoms with Crippen molar-refractivity contribution in [2.75, 3.05) is 5.75 Å². The molecule has 1 aromatic carbocycles. The van der Waals surface area contributed by atoms with Crippen LogP contribution in [0.25, 0.3) is 0 Å². The molecule has 2 saturated heterocycles. The Kier molecular flexibility index (Phi) is 5.61. The number of carbonyl (C=O) groups is 1. The molecule has 0 saturated carbocycles. The van der Waals surface area contributed by atoms with Crippen molar-refractivity contribution in [2.24, 2.45) is 0 Å². The molecular weight excluding hydrogens is 365 g/mol. The van der Waals surface area contributed by atoms with Gasteiger partial charge in [0.1, 0.15) is 5.82 Å². The standard InChI is InChI=1S/C19H24FN5OS/c20-14-6-4-5-13(9-14)10-25-11-15(23-24-25)7-2-1-3-8-17-18-16(12-27-17)21-19(26)22-18/h4-6,9,11,16-18H,1-3,7-8,10,12H2,(H2,21,22,26)/t16-,17-,18-/m0/s1. The number of aromatic nitrogens is 3. The lowest BCUT2D eigenvalue weighted by Gasteiger charge is -2.16. The summed E-state index contributed by atoms with van der Waals surface area (Å²) in [6, 6.07) is 7.15. The van der Waals surface area contributed by atoms with Crippen LogP contribution in [0.2, 0.25) is 0 Å². The number of carbonyl (C=O) groups excluding carboxylic acids is 1. The van der Waals surface area contributed by atoms with Gasteiger partial charge >= 0.3 is 6.03 Å². The van der Waals surface area contributed by atoms with Crippen molar-refractivity contribution in [3.63, 3.8) is 0 Å². The van der Waals surface area contributed by atoms with Crippen LogP contribution in [0.15, 0.2) is 30.5 Å². The number of aryl methyl sites for hydroxylation is 1. The number of nitrogens with one attached hydrogen (secondary N) is 2. The monoisotopic (exact) mass is 389 g/mol. The van der Waals surface area contributed by atoms with Crippen LogP contribution in [0.4, 0.5) is 9.18 Å². The van der Waals surface area contributed by atoms with Crippen LogP contribution in [-0.2, 0) is 13.0 Å². The molecule has 3 atom stereocenters. The van der Waals surface area contributed by atoms with Crippen molar-refractivity contribution in [1.82, 2.24) is 25.6 Å². The molecule has 0 unspecified atom stereocenters. The summed E-state index contributed by atoms with van der Waals surface area (Å²) in [6.45, 7) is 0.534. The lowest BCUT2D eigenvalue weighted by Crippen LogP contribution is -2.36. The van der Waals surface area contributed by atoms with Crippen molar-refractivity contribution < 1.29 is 9.18 Å². The van der Waals surface area contributed by atoms with Gasteiger partial charge in [-0.25, -0.2) is 13.9 Å². The third-order valence-corrected chi connectivity index (χ3v) is 6.69. The topological polar surface area (TPSA) is 71.8 Å². The van der Waals surface area contributed by atoms with Crippen molar-refractivity contribution in [3.8, 4) is 0 Å². The Balaban J connectivity index is 1.16. The molecule has 8 heteroatoms. The van der Waals surface area contributed by atoms with E-state index >= 15 is 0 Å². The van der Waals surface area contributed by atoms with Gasteiger partial charge in [-0.1, -0.05) is 30.2 Å². The first kappa shape index (κ1) is 18.3. The third-order valence-electron chi connectivity index (χ3n) is 5.18. The van der Waals surface area contributed by atoms with Gasteiger partial charge in [-0.15, -0.1) is 5.10 Å². The Morgan fingerprint density at radius 2 is 2.19 bits per heavy atom. The maximum Gasteiger partial charge on any atom is 0.315 e. The molecule has 0 aliphatic carbocycles. The molecule has 2 fully saturated rings. The second-order valence-corrected chi connectivity index (χ2v) is 8.53. The molecule has 0 spiro atoms. The maximum atomic E-state index is 13.2. The second kappa shape index (κ2) is 8.29. The molecular formula is C19H24FN5OS. The van der Waals surface area contributed by atoms with Crippen LogP contribution in [0.5, 0.6) is 0 Å². The quantitative estimate of drug-likeness (QED) is 0.538. The van der Waals surface area contributed by atoms with E-state index in [0.717, 1.165) is 49.1 Å². The zero-order valence-corrected chi connectivity index (χ0v) is 15.9. The lowest BCUT2D eigenvalue weighted by molar-refractivity contribution is 0.247. The minimum Gasteiger partial charge on any atom is -0.332 e. The maximum absolute atomic E-state index is 13.2. The molecule has 144 valence electrons. The summed E-state index contributed by atoms with van der Waals surface area (Å²) in [4.78, 5) is 11.4. The second-order valence-electron chi connectivity index (χ2n) is 7.26. The number of hydrogen-bond donors (Lipinski definition) is 2. The minimum absolute atomic E-state index is 0.0170. The molecule has 2 aliphatic heterocycles. The number of halogens is 1. The number of thioether (sulfide) groups is 1. The zero-order chi connectivity index (χ0) is 18.6. The van der Waals surface area contributed by atoms with Crippen molar-refractivity contribution in [2.45, 2.75) is 56.0 Å². The number of amides is 2. The highest BCUT2D eigenvalue weighted by Crippen LogP contribution is 2.33. The molecule has 4 rings (SSSR count). The van der Waals surface area contributed by atoms with Gasteiger partial charge in [-0.3, -0.25) is 0 Å². The fourth-order valence-corrected chi connectivity index (χ4v) is 5.37. The summed E-state index contributed by atoms with van der Waals surface area (Å²) in [6.07, 6.45) is 7.38. The predicted octanol–water partition coefficient (Wildman–Crippen LogP) is 2.73. The lowest BCUT2D eigenvalue weighted by atomic mass is 10.0. The van der Waals surface area contributed by atoms with Gasteiger partial charge in [0.15, 0.2) is 0 Å². The van der Waals surface area contributed by atoms with E-state index in [0.29, 0.717) is 23.9 Å². The summed E-state index contributed by atoms with van der Waals surface area (Å²) in [5.41, 5.74) is 1.86. The fourth-order valence-electron chi connectivity index (χ4n) is 3.82. The van der Waals surface area contributed by atoms with Crippen molar-refractivity contribution in [3.05, 3.63) is 47.5 Å². The Hall–Kier alpha value is -2.09.